The maximum absolute atomic E-state index is 11.3. The lowest BCUT2D eigenvalue weighted by Crippen LogP contribution is -2.13. The van der Waals surface area contributed by atoms with Crippen LogP contribution in [0.2, 0.25) is 0 Å². The van der Waals surface area contributed by atoms with Gasteiger partial charge in [0.2, 0.25) is 11.5 Å². The SMILES string of the molecule is O=C(O)c1ccc(C(=O)O)o1.O=C1CCCCCCCCCCC(=O)OCCO1. The molecule has 29 heavy (non-hydrogen) atoms. The van der Waals surface area contributed by atoms with Crippen molar-refractivity contribution in [1.29, 1.82) is 0 Å². The predicted molar refractivity (Wildman–Crippen MR) is 101 cm³/mol. The highest BCUT2D eigenvalue weighted by Crippen LogP contribution is 2.11. The summed E-state index contributed by atoms with van der Waals surface area (Å²) in [5.74, 6) is -3.67. The number of hydrogen-bond donors (Lipinski definition) is 2. The number of cyclic esters (lactones) is 2. The molecule has 0 aromatic carbocycles. The Bertz CT molecular complexity index is 608. The minimum Gasteiger partial charge on any atom is -0.475 e. The largest absolute Gasteiger partial charge is 0.475 e. The molecule has 2 heterocycles. The van der Waals surface area contributed by atoms with Crippen LogP contribution in [-0.2, 0) is 19.1 Å². The first kappa shape index (κ1) is 24.2. The van der Waals surface area contributed by atoms with E-state index in [1.807, 2.05) is 0 Å². The molecule has 9 heteroatoms. The van der Waals surface area contributed by atoms with E-state index in [-0.39, 0.29) is 36.7 Å². The lowest BCUT2D eigenvalue weighted by Gasteiger charge is -2.07. The van der Waals surface area contributed by atoms with E-state index in [2.05, 4.69) is 4.42 Å². The van der Waals surface area contributed by atoms with E-state index in [1.54, 1.807) is 0 Å². The third kappa shape index (κ3) is 11.6. The van der Waals surface area contributed by atoms with Gasteiger partial charge < -0.3 is 24.1 Å². The lowest BCUT2D eigenvalue weighted by molar-refractivity contribution is -0.152. The summed E-state index contributed by atoms with van der Waals surface area (Å²) in [4.78, 5) is 42.9. The Kier molecular flexibility index (Phi) is 11.8. The second kappa shape index (κ2) is 14.2. The zero-order chi connectivity index (χ0) is 21.5. The molecule has 1 aliphatic rings. The van der Waals surface area contributed by atoms with Crippen molar-refractivity contribution >= 4 is 23.9 Å². The van der Waals surface area contributed by atoms with Crippen LogP contribution in [0.1, 0.15) is 85.3 Å². The summed E-state index contributed by atoms with van der Waals surface area (Å²) in [7, 11) is 0. The number of aromatic carboxylic acids is 2. The first-order valence-electron chi connectivity index (χ1n) is 9.78. The fourth-order valence-corrected chi connectivity index (χ4v) is 2.62. The van der Waals surface area contributed by atoms with Crippen molar-refractivity contribution in [1.82, 2.24) is 0 Å². The van der Waals surface area contributed by atoms with Gasteiger partial charge in [0.25, 0.3) is 0 Å². The maximum Gasteiger partial charge on any atom is 0.371 e. The second-order valence-corrected chi connectivity index (χ2v) is 6.54. The number of hydrogen-bond acceptors (Lipinski definition) is 7. The Hall–Kier alpha value is -2.84. The number of carboxylic acid groups (broad SMARTS) is 2. The van der Waals surface area contributed by atoms with Crippen LogP contribution in [0.15, 0.2) is 16.5 Å². The zero-order valence-corrected chi connectivity index (χ0v) is 16.4. The van der Waals surface area contributed by atoms with Gasteiger partial charge in [0.1, 0.15) is 13.2 Å². The van der Waals surface area contributed by atoms with Crippen molar-refractivity contribution in [3.05, 3.63) is 23.7 Å². The zero-order valence-electron chi connectivity index (χ0n) is 16.4. The molecule has 1 aliphatic heterocycles. The average Bonchev–Trinajstić information content (AvgIpc) is 3.17. The van der Waals surface area contributed by atoms with Gasteiger partial charge in [-0.05, 0) is 25.0 Å². The van der Waals surface area contributed by atoms with Crippen LogP contribution in [0.3, 0.4) is 0 Å². The molecule has 0 unspecified atom stereocenters. The van der Waals surface area contributed by atoms with E-state index in [9.17, 15) is 19.2 Å². The molecule has 1 fully saturated rings. The van der Waals surface area contributed by atoms with Gasteiger partial charge in [0.05, 0.1) is 0 Å². The molecule has 2 N–H and O–H groups in total. The summed E-state index contributed by atoms with van der Waals surface area (Å²) in [5, 5.41) is 16.6. The van der Waals surface area contributed by atoms with Gasteiger partial charge in [0, 0.05) is 12.8 Å². The molecule has 0 radical (unpaired) electrons. The minimum absolute atomic E-state index is 0.182. The van der Waals surface area contributed by atoms with Crippen LogP contribution in [0, 0.1) is 0 Å². The third-order valence-electron chi connectivity index (χ3n) is 4.15. The smallest absolute Gasteiger partial charge is 0.371 e. The molecule has 0 spiro atoms. The van der Waals surface area contributed by atoms with E-state index in [0.29, 0.717) is 12.8 Å². The van der Waals surface area contributed by atoms with E-state index >= 15 is 0 Å². The number of carboxylic acids is 2. The highest BCUT2D eigenvalue weighted by Gasteiger charge is 2.12. The van der Waals surface area contributed by atoms with Crippen LogP contribution in [0.5, 0.6) is 0 Å². The average molecular weight is 412 g/mol. The Morgan fingerprint density at radius 2 is 1.00 bits per heavy atom. The first-order chi connectivity index (χ1) is 13.9. The number of carbonyl (C=O) groups is 4. The molecule has 0 amide bonds. The molecule has 1 aromatic rings. The number of rotatable bonds is 2. The molecule has 0 saturated carbocycles. The minimum atomic E-state index is -1.28. The summed E-state index contributed by atoms with van der Waals surface area (Å²) in [6, 6.07) is 2.18. The predicted octanol–water partition coefficient (Wildman–Crippen LogP) is 3.66. The molecular formula is C20H28O9. The van der Waals surface area contributed by atoms with Gasteiger partial charge in [-0.15, -0.1) is 0 Å². The highest BCUT2D eigenvalue weighted by atomic mass is 16.6. The monoisotopic (exact) mass is 412 g/mol. The Morgan fingerprint density at radius 1 is 0.655 bits per heavy atom. The second-order valence-electron chi connectivity index (χ2n) is 6.54. The molecule has 0 aliphatic carbocycles. The van der Waals surface area contributed by atoms with Gasteiger partial charge in [-0.2, -0.15) is 0 Å². The number of carbonyl (C=O) groups excluding carboxylic acids is 2. The van der Waals surface area contributed by atoms with Crippen molar-refractivity contribution < 1.29 is 43.3 Å². The van der Waals surface area contributed by atoms with Gasteiger partial charge in [-0.25, -0.2) is 9.59 Å². The van der Waals surface area contributed by atoms with Crippen LogP contribution in [-0.4, -0.2) is 47.3 Å². The molecule has 9 nitrogen and oxygen atoms in total. The summed E-state index contributed by atoms with van der Waals surface area (Å²) in [6.45, 7) is 0.370. The summed E-state index contributed by atoms with van der Waals surface area (Å²) < 4.78 is 14.4. The molecule has 2 rings (SSSR count). The van der Waals surface area contributed by atoms with Crippen LogP contribution >= 0.6 is 0 Å². The van der Waals surface area contributed by atoms with Gasteiger partial charge in [-0.1, -0.05) is 38.5 Å². The Morgan fingerprint density at radius 3 is 1.31 bits per heavy atom. The van der Waals surface area contributed by atoms with E-state index < -0.39 is 11.9 Å². The number of ether oxygens (including phenoxy) is 2. The van der Waals surface area contributed by atoms with E-state index in [0.717, 1.165) is 37.8 Å². The molecule has 0 bridgehead atoms. The van der Waals surface area contributed by atoms with Crippen molar-refractivity contribution in [2.75, 3.05) is 13.2 Å². The highest BCUT2D eigenvalue weighted by molar-refractivity contribution is 5.88. The molecule has 1 aromatic heterocycles. The van der Waals surface area contributed by atoms with Crippen LogP contribution in [0.25, 0.3) is 0 Å². The van der Waals surface area contributed by atoms with Gasteiger partial charge >= 0.3 is 23.9 Å². The Labute approximate surface area is 169 Å². The summed E-state index contributed by atoms with van der Waals surface area (Å²) >= 11 is 0. The molecule has 1 saturated heterocycles. The van der Waals surface area contributed by atoms with Crippen molar-refractivity contribution in [3.63, 3.8) is 0 Å². The van der Waals surface area contributed by atoms with Crippen LogP contribution < -0.4 is 0 Å². The molecule has 162 valence electrons. The summed E-state index contributed by atoms with van der Waals surface area (Å²) in [5.41, 5.74) is 0. The third-order valence-corrected chi connectivity index (χ3v) is 4.15. The van der Waals surface area contributed by atoms with Crippen molar-refractivity contribution in [2.45, 2.75) is 64.2 Å². The van der Waals surface area contributed by atoms with E-state index in [1.165, 1.54) is 25.7 Å². The van der Waals surface area contributed by atoms with Gasteiger partial charge in [-0.3, -0.25) is 9.59 Å². The summed E-state index contributed by atoms with van der Waals surface area (Å²) in [6.07, 6.45) is 9.79. The fraction of sp³-hybridized carbons (Fsp3) is 0.600. The standard InChI is InChI=1S/C14H24O4.C6H4O5/c15-13-9-7-5-3-1-2-4-6-8-10-14(16)18-12-11-17-13;7-5(8)3-1-2-4(11-3)6(9)10/h1-12H2;1-2H,(H,7,8)(H,9,10). The molecule has 0 atom stereocenters. The normalized spacial score (nSPS) is 17.2. The first-order valence-corrected chi connectivity index (χ1v) is 9.78. The fourth-order valence-electron chi connectivity index (χ4n) is 2.62. The van der Waals surface area contributed by atoms with E-state index in [4.69, 9.17) is 19.7 Å². The van der Waals surface area contributed by atoms with Crippen molar-refractivity contribution in [2.24, 2.45) is 0 Å². The lowest BCUT2D eigenvalue weighted by atomic mass is 10.1. The molecular weight excluding hydrogens is 384 g/mol. The maximum atomic E-state index is 11.3. The van der Waals surface area contributed by atoms with Crippen LogP contribution in [0.4, 0.5) is 0 Å². The topological polar surface area (TPSA) is 140 Å². The van der Waals surface area contributed by atoms with Gasteiger partial charge in [0.15, 0.2) is 0 Å². The number of esters is 2. The number of furan rings is 1. The van der Waals surface area contributed by atoms with Crippen molar-refractivity contribution in [3.8, 4) is 0 Å². The quantitative estimate of drug-likeness (QED) is 0.696. The Balaban J connectivity index is 0.000000326.